The molecule has 0 atom stereocenters. The Bertz CT molecular complexity index is 1060. The van der Waals surface area contributed by atoms with Crippen molar-refractivity contribution in [2.24, 2.45) is 0 Å². The highest BCUT2D eigenvalue weighted by molar-refractivity contribution is 9.11. The van der Waals surface area contributed by atoms with Crippen LogP contribution in [0, 0.1) is 0 Å². The minimum Gasteiger partial charge on any atom is -0.300 e. The van der Waals surface area contributed by atoms with Crippen LogP contribution in [-0.4, -0.2) is 0 Å². The first-order chi connectivity index (χ1) is 12.1. The molecule has 0 bridgehead atoms. The summed E-state index contributed by atoms with van der Waals surface area (Å²) < 4.78 is 3.87. The average molecular weight is 426 g/mol. The number of halogens is 1. The van der Waals surface area contributed by atoms with E-state index in [2.05, 4.69) is 94.7 Å². The van der Waals surface area contributed by atoms with Crippen molar-refractivity contribution in [2.75, 3.05) is 4.90 Å². The third-order valence-electron chi connectivity index (χ3n) is 5.06. The van der Waals surface area contributed by atoms with Crippen LogP contribution in [0.5, 0.6) is 0 Å². The van der Waals surface area contributed by atoms with Crippen molar-refractivity contribution in [3.63, 3.8) is 0 Å². The van der Waals surface area contributed by atoms with Gasteiger partial charge in [0, 0.05) is 10.1 Å². The van der Waals surface area contributed by atoms with E-state index in [1.807, 2.05) is 11.3 Å². The van der Waals surface area contributed by atoms with Gasteiger partial charge in [-0.1, -0.05) is 50.2 Å². The molecular formula is C21H16BrNS2. The fourth-order valence-electron chi connectivity index (χ4n) is 3.82. The second kappa shape index (κ2) is 5.44. The highest BCUT2D eigenvalue weighted by Gasteiger charge is 2.37. The summed E-state index contributed by atoms with van der Waals surface area (Å²) in [5.74, 6) is 0. The van der Waals surface area contributed by atoms with Crippen molar-refractivity contribution in [3.05, 3.63) is 75.6 Å². The summed E-state index contributed by atoms with van der Waals surface area (Å²) in [6, 6.07) is 19.8. The molecule has 0 N–H and O–H groups in total. The smallest absolute Gasteiger partial charge is 0.117 e. The number of anilines is 3. The molecule has 0 saturated carbocycles. The number of rotatable bonds is 1. The van der Waals surface area contributed by atoms with Gasteiger partial charge in [-0.15, -0.1) is 22.7 Å². The van der Waals surface area contributed by atoms with Crippen LogP contribution in [0.4, 0.5) is 16.4 Å². The van der Waals surface area contributed by atoms with E-state index in [4.69, 9.17) is 0 Å². The Morgan fingerprint density at radius 3 is 2.08 bits per heavy atom. The summed E-state index contributed by atoms with van der Waals surface area (Å²) in [4.78, 5) is 2.43. The largest absolute Gasteiger partial charge is 0.300 e. The second-order valence-electron chi connectivity index (χ2n) is 6.83. The molecule has 4 aromatic rings. The molecule has 0 unspecified atom stereocenters. The van der Waals surface area contributed by atoms with Crippen molar-refractivity contribution in [3.8, 4) is 0 Å². The van der Waals surface area contributed by atoms with E-state index in [9.17, 15) is 0 Å². The predicted molar refractivity (Wildman–Crippen MR) is 114 cm³/mol. The van der Waals surface area contributed by atoms with Crippen molar-refractivity contribution < 1.29 is 0 Å². The molecule has 1 aliphatic rings. The van der Waals surface area contributed by atoms with Crippen LogP contribution >= 0.6 is 38.6 Å². The Kier molecular flexibility index (Phi) is 3.40. The number of nitrogens with zero attached hydrogens (tertiary/aromatic N) is 1. The van der Waals surface area contributed by atoms with Gasteiger partial charge in [0.2, 0.25) is 0 Å². The fraction of sp³-hybridized carbons (Fsp3) is 0.143. The zero-order chi connectivity index (χ0) is 17.2. The Balaban J connectivity index is 1.86. The van der Waals surface area contributed by atoms with Gasteiger partial charge in [0.05, 0.1) is 20.5 Å². The van der Waals surface area contributed by atoms with Crippen LogP contribution in [0.25, 0.3) is 9.40 Å². The van der Waals surface area contributed by atoms with Gasteiger partial charge in [-0.3, -0.25) is 0 Å². The Morgan fingerprint density at radius 2 is 1.48 bits per heavy atom. The summed E-state index contributed by atoms with van der Waals surface area (Å²) in [6.45, 7) is 4.65. The monoisotopic (exact) mass is 425 g/mol. The van der Waals surface area contributed by atoms with Crippen molar-refractivity contribution in [1.82, 2.24) is 0 Å². The summed E-state index contributed by atoms with van der Waals surface area (Å²) in [5, 5.41) is 3.42. The molecule has 0 aliphatic carbocycles. The number of hydrogen-bond acceptors (Lipinski definition) is 3. The molecule has 25 heavy (non-hydrogen) atoms. The topological polar surface area (TPSA) is 3.24 Å². The lowest BCUT2D eigenvalue weighted by Crippen LogP contribution is -2.30. The SMILES string of the molecule is CC1(C)c2ccccc2N(c2sc3ccsc3c2Br)c2ccccc21. The quantitative estimate of drug-likeness (QED) is 0.300. The maximum atomic E-state index is 3.88. The Labute approximate surface area is 163 Å². The summed E-state index contributed by atoms with van der Waals surface area (Å²) in [6.07, 6.45) is 0. The number of para-hydroxylation sites is 2. The zero-order valence-electron chi connectivity index (χ0n) is 13.9. The molecule has 0 saturated heterocycles. The third-order valence-corrected chi connectivity index (χ3v) is 8.56. The standard InChI is InChI=1S/C21H16BrNS2/c1-21(2)13-7-3-5-9-15(13)23(16-10-6-4-8-14(16)21)20-18(22)19-17(25-20)11-12-24-19/h3-12H,1-2H3. The maximum absolute atomic E-state index is 3.88. The number of thiophene rings is 2. The van der Waals surface area contributed by atoms with Crippen LogP contribution in [0.1, 0.15) is 25.0 Å². The van der Waals surface area contributed by atoms with Gasteiger partial charge in [-0.05, 0) is 50.6 Å². The second-order valence-corrected chi connectivity index (χ2v) is 9.57. The molecule has 4 heteroatoms. The molecule has 1 aliphatic heterocycles. The van der Waals surface area contributed by atoms with E-state index in [0.29, 0.717) is 0 Å². The van der Waals surface area contributed by atoms with Crippen LogP contribution in [-0.2, 0) is 5.41 Å². The molecule has 0 spiro atoms. The van der Waals surface area contributed by atoms with Crippen LogP contribution in [0.15, 0.2) is 64.5 Å². The Hall–Kier alpha value is -1.62. The summed E-state index contributed by atoms with van der Waals surface area (Å²) in [7, 11) is 0. The van der Waals surface area contributed by atoms with E-state index in [0.717, 1.165) is 0 Å². The van der Waals surface area contributed by atoms with E-state index in [-0.39, 0.29) is 5.41 Å². The number of fused-ring (bicyclic) bond motifs is 3. The molecule has 0 radical (unpaired) electrons. The minimum atomic E-state index is -0.00912. The molecule has 0 amide bonds. The average Bonchev–Trinajstić information content (AvgIpc) is 3.19. The molecule has 124 valence electrons. The fourth-order valence-corrected chi connectivity index (χ4v) is 7.02. The van der Waals surface area contributed by atoms with Gasteiger partial charge in [0.1, 0.15) is 5.00 Å². The molecular weight excluding hydrogens is 410 g/mol. The summed E-state index contributed by atoms with van der Waals surface area (Å²) in [5.41, 5.74) is 5.29. The summed E-state index contributed by atoms with van der Waals surface area (Å²) >= 11 is 7.53. The van der Waals surface area contributed by atoms with Gasteiger partial charge >= 0.3 is 0 Å². The molecule has 3 heterocycles. The molecule has 1 nitrogen and oxygen atoms in total. The highest BCUT2D eigenvalue weighted by atomic mass is 79.9. The minimum absolute atomic E-state index is 0.00912. The van der Waals surface area contributed by atoms with Crippen molar-refractivity contribution in [1.29, 1.82) is 0 Å². The van der Waals surface area contributed by atoms with Gasteiger partial charge in [-0.25, -0.2) is 0 Å². The first kappa shape index (κ1) is 15.6. The molecule has 2 aromatic heterocycles. The molecule has 2 aromatic carbocycles. The normalized spacial score (nSPS) is 15.2. The number of hydrogen-bond donors (Lipinski definition) is 0. The maximum Gasteiger partial charge on any atom is 0.117 e. The molecule has 5 rings (SSSR count). The molecule has 0 fully saturated rings. The highest BCUT2D eigenvalue weighted by Crippen LogP contribution is 2.56. The van der Waals surface area contributed by atoms with Crippen LogP contribution in [0.3, 0.4) is 0 Å². The lowest BCUT2D eigenvalue weighted by molar-refractivity contribution is 0.632. The first-order valence-corrected chi connectivity index (χ1v) is 10.7. The van der Waals surface area contributed by atoms with Crippen molar-refractivity contribution in [2.45, 2.75) is 19.3 Å². The lowest BCUT2D eigenvalue weighted by Gasteiger charge is -2.41. The first-order valence-electron chi connectivity index (χ1n) is 8.23. The van der Waals surface area contributed by atoms with Crippen molar-refractivity contribution >= 4 is 64.4 Å². The van der Waals surface area contributed by atoms with E-state index >= 15 is 0 Å². The van der Waals surface area contributed by atoms with Crippen LogP contribution < -0.4 is 4.90 Å². The van der Waals surface area contributed by atoms with E-state index < -0.39 is 0 Å². The zero-order valence-corrected chi connectivity index (χ0v) is 17.1. The van der Waals surface area contributed by atoms with Gasteiger partial charge in [-0.2, -0.15) is 0 Å². The van der Waals surface area contributed by atoms with Gasteiger partial charge in [0.25, 0.3) is 0 Å². The Morgan fingerprint density at radius 1 is 0.880 bits per heavy atom. The number of benzene rings is 2. The third kappa shape index (κ3) is 2.11. The van der Waals surface area contributed by atoms with Gasteiger partial charge in [0.15, 0.2) is 0 Å². The predicted octanol–water partition coefficient (Wildman–Crippen LogP) is 7.83. The van der Waals surface area contributed by atoms with E-state index in [1.165, 1.54) is 41.4 Å². The van der Waals surface area contributed by atoms with E-state index in [1.54, 1.807) is 11.3 Å². The van der Waals surface area contributed by atoms with Gasteiger partial charge < -0.3 is 4.90 Å². The van der Waals surface area contributed by atoms with Crippen LogP contribution in [0.2, 0.25) is 0 Å². The lowest BCUT2D eigenvalue weighted by atomic mass is 9.74.